The molecule has 1 aliphatic heterocycles. The summed E-state index contributed by atoms with van der Waals surface area (Å²) in [6, 6.07) is 3.78. The first-order valence-electron chi connectivity index (χ1n) is 8.51. The summed E-state index contributed by atoms with van der Waals surface area (Å²) in [5.74, 6) is 2.63. The van der Waals surface area contributed by atoms with Crippen molar-refractivity contribution in [2.24, 2.45) is 4.99 Å². The number of aliphatic imine (C=N–C) groups is 1. The lowest BCUT2D eigenvalue weighted by Crippen LogP contribution is -2.41. The molecule has 150 valence electrons. The van der Waals surface area contributed by atoms with Crippen LogP contribution in [0.2, 0.25) is 0 Å². The van der Waals surface area contributed by atoms with Gasteiger partial charge in [0, 0.05) is 37.8 Å². The summed E-state index contributed by atoms with van der Waals surface area (Å²) in [6.45, 7) is 2.59. The highest BCUT2D eigenvalue weighted by atomic mass is 127. The van der Waals surface area contributed by atoms with E-state index in [-0.39, 0.29) is 30.0 Å². The van der Waals surface area contributed by atoms with Gasteiger partial charge in [-0.05, 0) is 31.2 Å². The fourth-order valence-corrected chi connectivity index (χ4v) is 4.31. The van der Waals surface area contributed by atoms with E-state index in [1.165, 1.54) is 6.26 Å². The minimum Gasteiger partial charge on any atom is -0.469 e. The molecule has 26 heavy (non-hydrogen) atoms. The first-order chi connectivity index (χ1) is 12.0. The van der Waals surface area contributed by atoms with Gasteiger partial charge in [0.05, 0.1) is 19.1 Å². The number of nitrogens with one attached hydrogen (secondary N) is 2. The lowest BCUT2D eigenvalue weighted by Gasteiger charge is -2.21. The lowest BCUT2D eigenvalue weighted by atomic mass is 10.2. The fourth-order valence-electron chi connectivity index (χ4n) is 2.83. The summed E-state index contributed by atoms with van der Waals surface area (Å²) in [5, 5.41) is 6.59. The van der Waals surface area contributed by atoms with Crippen LogP contribution in [0.3, 0.4) is 0 Å². The average Bonchev–Trinajstić information content (AvgIpc) is 3.23. The summed E-state index contributed by atoms with van der Waals surface area (Å²) in [4.78, 5) is 4.61. The van der Waals surface area contributed by atoms with Crippen molar-refractivity contribution in [3.05, 3.63) is 24.2 Å². The van der Waals surface area contributed by atoms with Crippen LogP contribution in [0.4, 0.5) is 0 Å². The van der Waals surface area contributed by atoms with Gasteiger partial charge in [0.2, 0.25) is 10.0 Å². The number of sulfonamides is 1. The molecule has 1 aromatic rings. The third-order valence-corrected chi connectivity index (χ3v) is 6.00. The van der Waals surface area contributed by atoms with E-state index in [2.05, 4.69) is 21.9 Å². The van der Waals surface area contributed by atoms with E-state index >= 15 is 0 Å². The summed E-state index contributed by atoms with van der Waals surface area (Å²) >= 11 is 1.76. The number of nitrogens with zero attached hydrogens (tertiary/aromatic N) is 2. The molecule has 0 aliphatic carbocycles. The van der Waals surface area contributed by atoms with Gasteiger partial charge in [0.25, 0.3) is 0 Å². The van der Waals surface area contributed by atoms with Gasteiger partial charge < -0.3 is 15.1 Å². The molecule has 1 saturated heterocycles. The van der Waals surface area contributed by atoms with Crippen LogP contribution in [0.15, 0.2) is 27.8 Å². The smallest absolute Gasteiger partial charge is 0.211 e. The van der Waals surface area contributed by atoms with E-state index < -0.39 is 10.0 Å². The number of hydrogen-bond donors (Lipinski definition) is 2. The van der Waals surface area contributed by atoms with Crippen molar-refractivity contribution in [3.63, 3.8) is 0 Å². The minimum atomic E-state index is -3.16. The van der Waals surface area contributed by atoms with Crippen molar-refractivity contribution < 1.29 is 12.8 Å². The standard InChI is InChI=1S/C16H28N4O3S2.HI/c1-24-12-9-18-16(17-8-7-15-6-4-11-23-15)19-13-14-5-3-10-20(14)25(2,21)22;/h4,6,11,14H,3,5,7-10,12-13H2,1-2H3,(H2,17,18,19);1H/t14-;/m1./s1. The Morgan fingerprint density at radius 3 is 2.85 bits per heavy atom. The van der Waals surface area contributed by atoms with Crippen molar-refractivity contribution in [1.29, 1.82) is 0 Å². The van der Waals surface area contributed by atoms with Crippen LogP contribution < -0.4 is 10.6 Å². The number of guanidine groups is 1. The molecule has 7 nitrogen and oxygen atoms in total. The van der Waals surface area contributed by atoms with Crippen molar-refractivity contribution >= 4 is 51.7 Å². The predicted octanol–water partition coefficient (Wildman–Crippen LogP) is 1.76. The number of halogens is 1. The maximum Gasteiger partial charge on any atom is 0.211 e. The maximum absolute atomic E-state index is 11.8. The monoisotopic (exact) mass is 516 g/mol. The van der Waals surface area contributed by atoms with Crippen LogP contribution in [0, 0.1) is 0 Å². The first kappa shape index (κ1) is 23.6. The molecule has 1 fully saturated rings. The van der Waals surface area contributed by atoms with E-state index in [1.807, 2.05) is 12.1 Å². The summed E-state index contributed by atoms with van der Waals surface area (Å²) < 4.78 is 30.6. The second-order valence-electron chi connectivity index (χ2n) is 6.03. The van der Waals surface area contributed by atoms with E-state index in [0.717, 1.165) is 43.3 Å². The van der Waals surface area contributed by atoms with Gasteiger partial charge in [-0.3, -0.25) is 4.99 Å². The third-order valence-electron chi connectivity index (χ3n) is 4.05. The molecule has 2 rings (SSSR count). The normalized spacial score (nSPS) is 18.5. The summed E-state index contributed by atoms with van der Waals surface area (Å²) in [5.41, 5.74) is 0. The van der Waals surface area contributed by atoms with Gasteiger partial charge in [-0.25, -0.2) is 8.42 Å². The number of rotatable bonds is 9. The van der Waals surface area contributed by atoms with E-state index in [1.54, 1.807) is 22.3 Å². The molecular formula is C16H29IN4O3S2. The molecule has 1 aliphatic rings. The Balaban J connectivity index is 0.00000338. The Kier molecular flexibility index (Phi) is 11.0. The second kappa shape index (κ2) is 12.1. The zero-order valence-corrected chi connectivity index (χ0v) is 19.3. The van der Waals surface area contributed by atoms with Crippen LogP contribution >= 0.6 is 35.7 Å². The Hall–Kier alpha value is -0.460. The van der Waals surface area contributed by atoms with Crippen molar-refractivity contribution in [2.45, 2.75) is 25.3 Å². The molecule has 10 heteroatoms. The maximum atomic E-state index is 11.8. The Morgan fingerprint density at radius 2 is 2.19 bits per heavy atom. The van der Waals surface area contributed by atoms with Crippen LogP contribution in [0.25, 0.3) is 0 Å². The number of furan rings is 1. The van der Waals surface area contributed by atoms with Crippen molar-refractivity contribution in [1.82, 2.24) is 14.9 Å². The molecule has 0 unspecified atom stereocenters. The zero-order valence-electron chi connectivity index (χ0n) is 15.3. The Bertz CT molecular complexity index is 638. The predicted molar refractivity (Wildman–Crippen MR) is 119 cm³/mol. The van der Waals surface area contributed by atoms with Gasteiger partial charge in [-0.1, -0.05) is 0 Å². The molecule has 2 N–H and O–H groups in total. The minimum absolute atomic E-state index is 0. The van der Waals surface area contributed by atoms with Gasteiger partial charge in [-0.2, -0.15) is 16.1 Å². The summed E-state index contributed by atoms with van der Waals surface area (Å²) in [6.07, 6.45) is 7.53. The zero-order chi connectivity index (χ0) is 18.1. The molecule has 0 radical (unpaired) electrons. The molecule has 0 bridgehead atoms. The van der Waals surface area contributed by atoms with Gasteiger partial charge >= 0.3 is 0 Å². The van der Waals surface area contributed by atoms with Crippen LogP contribution in [-0.2, 0) is 16.4 Å². The highest BCUT2D eigenvalue weighted by Crippen LogP contribution is 2.20. The average molecular weight is 516 g/mol. The van der Waals surface area contributed by atoms with E-state index in [4.69, 9.17) is 4.42 Å². The van der Waals surface area contributed by atoms with E-state index in [9.17, 15) is 8.42 Å². The molecule has 1 atom stereocenters. The molecule has 0 spiro atoms. The molecule has 0 saturated carbocycles. The second-order valence-corrected chi connectivity index (χ2v) is 8.96. The Morgan fingerprint density at radius 1 is 1.42 bits per heavy atom. The van der Waals surface area contributed by atoms with Gasteiger partial charge in [0.1, 0.15) is 5.76 Å². The Labute approximate surface area is 177 Å². The first-order valence-corrected chi connectivity index (χ1v) is 11.7. The van der Waals surface area contributed by atoms with Crippen molar-refractivity contribution in [2.75, 3.05) is 44.4 Å². The largest absolute Gasteiger partial charge is 0.469 e. The van der Waals surface area contributed by atoms with Gasteiger partial charge in [0.15, 0.2) is 5.96 Å². The third kappa shape index (κ3) is 8.05. The number of hydrogen-bond acceptors (Lipinski definition) is 5. The van der Waals surface area contributed by atoms with Crippen LogP contribution in [-0.4, -0.2) is 69.2 Å². The fraction of sp³-hybridized carbons (Fsp3) is 0.688. The highest BCUT2D eigenvalue weighted by Gasteiger charge is 2.31. The highest BCUT2D eigenvalue weighted by molar-refractivity contribution is 14.0. The molecular weight excluding hydrogens is 487 g/mol. The SMILES string of the molecule is CSCCNC(=NC[C@H]1CCCN1S(C)(=O)=O)NCCc1ccco1.I. The molecule has 2 heterocycles. The quantitative estimate of drug-likeness (QED) is 0.225. The molecule has 0 amide bonds. The van der Waals surface area contributed by atoms with Gasteiger partial charge in [-0.15, -0.1) is 24.0 Å². The summed E-state index contributed by atoms with van der Waals surface area (Å²) in [7, 11) is -3.16. The topological polar surface area (TPSA) is 86.9 Å². The van der Waals surface area contributed by atoms with Crippen LogP contribution in [0.1, 0.15) is 18.6 Å². The number of thioether (sulfide) groups is 1. The lowest BCUT2D eigenvalue weighted by molar-refractivity contribution is 0.396. The molecule has 1 aromatic heterocycles. The van der Waals surface area contributed by atoms with Crippen molar-refractivity contribution in [3.8, 4) is 0 Å². The molecule has 0 aromatic carbocycles. The van der Waals surface area contributed by atoms with Crippen LogP contribution in [0.5, 0.6) is 0 Å². The van der Waals surface area contributed by atoms with E-state index in [0.29, 0.717) is 19.6 Å².